The maximum Gasteiger partial charge on any atom is 0.459 e. The van der Waals surface area contributed by atoms with Gasteiger partial charge < -0.3 is 4.74 Å². The highest BCUT2D eigenvalue weighted by molar-refractivity contribution is 5.77. The van der Waals surface area contributed by atoms with E-state index in [4.69, 9.17) is 0 Å². The summed E-state index contributed by atoms with van der Waals surface area (Å²) in [5.74, 6) is -5.35. The monoisotopic (exact) mass is 260 g/mol. The van der Waals surface area contributed by atoms with Crippen LogP contribution in [0.3, 0.4) is 0 Å². The number of hydrogen-bond donors (Lipinski definition) is 0. The van der Waals surface area contributed by atoms with E-state index in [9.17, 15) is 39.9 Å². The number of carbonyl (C=O) groups is 1. The summed E-state index contributed by atoms with van der Waals surface area (Å²) in [6.45, 7) is -1.82. The van der Waals surface area contributed by atoms with E-state index >= 15 is 0 Å². The molecule has 10 heteroatoms. The predicted molar refractivity (Wildman–Crippen MR) is 32.6 cm³/mol. The summed E-state index contributed by atoms with van der Waals surface area (Å²) in [6.07, 6.45) is -12.9. The summed E-state index contributed by atoms with van der Waals surface area (Å²) < 4.78 is 96.9. The van der Waals surface area contributed by atoms with Crippen molar-refractivity contribution < 1.29 is 44.7 Å². The third-order valence-electron chi connectivity index (χ3n) is 1.30. The van der Waals surface area contributed by atoms with Gasteiger partial charge in [-0.25, -0.2) is 0 Å². The molecule has 0 aromatic carbocycles. The van der Waals surface area contributed by atoms with Gasteiger partial charge in [-0.1, -0.05) is 0 Å². The fourth-order valence-electron chi connectivity index (χ4n) is 0.557. The lowest BCUT2D eigenvalue weighted by Crippen LogP contribution is -2.49. The van der Waals surface area contributed by atoms with Crippen molar-refractivity contribution in [3.05, 3.63) is 0 Å². The van der Waals surface area contributed by atoms with Crippen LogP contribution in [-0.4, -0.2) is 30.9 Å². The topological polar surface area (TPSA) is 26.3 Å². The van der Waals surface area contributed by atoms with Gasteiger partial charge in [0.05, 0.1) is 13.0 Å². The molecule has 0 bridgehead atoms. The summed E-state index contributed by atoms with van der Waals surface area (Å²) in [5, 5.41) is 0. The Labute approximate surface area is 83.2 Å². The minimum Gasteiger partial charge on any atom is -0.331 e. The maximum atomic E-state index is 12.6. The zero-order chi connectivity index (χ0) is 13.2. The van der Waals surface area contributed by atoms with Gasteiger partial charge in [-0.05, 0) is 0 Å². The molecule has 0 heterocycles. The Hall–Kier alpha value is -0.930. The molecule has 0 aliphatic heterocycles. The van der Waals surface area contributed by atoms with Gasteiger partial charge in [-0.3, -0.25) is 4.79 Å². The van der Waals surface area contributed by atoms with Crippen LogP contribution in [0.1, 0.15) is 6.42 Å². The van der Waals surface area contributed by atoms with Crippen molar-refractivity contribution in [2.24, 2.45) is 0 Å². The van der Waals surface area contributed by atoms with Gasteiger partial charge in [0.15, 0.2) is 0 Å². The van der Waals surface area contributed by atoms with Crippen LogP contribution in [-0.2, 0) is 9.53 Å². The Morgan fingerprint density at radius 1 is 1.00 bits per heavy atom. The number of carbonyl (C=O) groups excluding carboxylic acids is 1. The largest absolute Gasteiger partial charge is 0.459 e. The van der Waals surface area contributed by atoms with Gasteiger partial charge in [0.2, 0.25) is 0 Å². The molecular weight excluding hydrogens is 256 g/mol. The van der Waals surface area contributed by atoms with Crippen LogP contribution < -0.4 is 0 Å². The Kier molecular flexibility index (Phi) is 4.25. The van der Waals surface area contributed by atoms with E-state index in [0.717, 1.165) is 0 Å². The standard InChI is InChI=1S/C6H4F8O2/c7-3(15)5(11,6(12,13)14)16-2-1-4(8,9)10/h1-2H2. The van der Waals surface area contributed by atoms with Gasteiger partial charge in [0.1, 0.15) is 0 Å². The minimum atomic E-state index is -6.08. The van der Waals surface area contributed by atoms with Crippen molar-refractivity contribution in [2.45, 2.75) is 24.6 Å². The van der Waals surface area contributed by atoms with Crippen molar-refractivity contribution in [2.75, 3.05) is 6.61 Å². The molecule has 2 nitrogen and oxygen atoms in total. The predicted octanol–water partition coefficient (Wildman–Crippen LogP) is 2.68. The maximum absolute atomic E-state index is 12.6. The fourth-order valence-corrected chi connectivity index (χ4v) is 0.557. The Morgan fingerprint density at radius 3 is 1.69 bits per heavy atom. The summed E-state index contributed by atoms with van der Waals surface area (Å²) >= 11 is 0. The molecule has 0 aromatic heterocycles. The molecule has 16 heavy (non-hydrogen) atoms. The molecule has 0 aliphatic carbocycles. The molecule has 0 N–H and O–H groups in total. The normalized spacial score (nSPS) is 17.0. The quantitative estimate of drug-likeness (QED) is 0.573. The van der Waals surface area contributed by atoms with E-state index in [1.165, 1.54) is 0 Å². The molecule has 1 atom stereocenters. The smallest absolute Gasteiger partial charge is 0.331 e. The van der Waals surface area contributed by atoms with Crippen LogP contribution in [0.15, 0.2) is 0 Å². The van der Waals surface area contributed by atoms with Gasteiger partial charge in [0.25, 0.3) is 0 Å². The first-order chi connectivity index (χ1) is 6.90. The molecule has 0 aliphatic rings. The summed E-state index contributed by atoms with van der Waals surface area (Å²) in [6, 6.07) is -3.55. The van der Waals surface area contributed by atoms with Crippen molar-refractivity contribution >= 4 is 6.04 Å². The van der Waals surface area contributed by atoms with E-state index in [1.807, 2.05) is 0 Å². The third kappa shape index (κ3) is 3.91. The molecule has 0 radical (unpaired) electrons. The molecule has 0 rings (SSSR count). The Morgan fingerprint density at radius 2 is 1.44 bits per heavy atom. The third-order valence-corrected chi connectivity index (χ3v) is 1.30. The zero-order valence-electron chi connectivity index (χ0n) is 7.25. The molecule has 1 unspecified atom stereocenters. The summed E-state index contributed by atoms with van der Waals surface area (Å²) in [4.78, 5) is 9.70. The number of halogens is 8. The number of ether oxygens (including phenoxy) is 1. The second-order valence-corrected chi connectivity index (χ2v) is 2.58. The summed E-state index contributed by atoms with van der Waals surface area (Å²) in [5.41, 5.74) is 0. The average molecular weight is 260 g/mol. The molecule has 0 aromatic rings. The van der Waals surface area contributed by atoms with E-state index in [-0.39, 0.29) is 0 Å². The van der Waals surface area contributed by atoms with E-state index in [1.54, 1.807) is 0 Å². The first kappa shape index (κ1) is 15.1. The van der Waals surface area contributed by atoms with Crippen LogP contribution in [0.2, 0.25) is 0 Å². The van der Waals surface area contributed by atoms with Gasteiger partial charge in [0, 0.05) is 0 Å². The zero-order valence-corrected chi connectivity index (χ0v) is 7.25. The van der Waals surface area contributed by atoms with E-state index < -0.39 is 37.3 Å². The molecule has 0 fully saturated rings. The highest BCUT2D eigenvalue weighted by atomic mass is 19.4. The number of alkyl halides is 7. The molecule has 96 valence electrons. The number of hydrogen-bond acceptors (Lipinski definition) is 2. The first-order valence-electron chi connectivity index (χ1n) is 3.56. The van der Waals surface area contributed by atoms with Crippen molar-refractivity contribution in [3.8, 4) is 0 Å². The van der Waals surface area contributed by atoms with E-state index in [0.29, 0.717) is 0 Å². The first-order valence-corrected chi connectivity index (χ1v) is 3.56. The van der Waals surface area contributed by atoms with Crippen LogP contribution in [0, 0.1) is 0 Å². The summed E-state index contributed by atoms with van der Waals surface area (Å²) in [7, 11) is 0. The molecule has 0 saturated carbocycles. The lowest BCUT2D eigenvalue weighted by molar-refractivity contribution is -0.322. The second-order valence-electron chi connectivity index (χ2n) is 2.58. The highest BCUT2D eigenvalue weighted by Crippen LogP contribution is 2.37. The van der Waals surface area contributed by atoms with E-state index in [2.05, 4.69) is 4.74 Å². The van der Waals surface area contributed by atoms with Gasteiger partial charge in [-0.2, -0.15) is 35.1 Å². The van der Waals surface area contributed by atoms with Gasteiger partial charge in [-0.15, -0.1) is 0 Å². The second kappa shape index (κ2) is 4.52. The molecule has 0 saturated heterocycles. The van der Waals surface area contributed by atoms with Crippen LogP contribution in [0.4, 0.5) is 35.1 Å². The molecule has 0 amide bonds. The lowest BCUT2D eigenvalue weighted by Gasteiger charge is -2.23. The minimum absolute atomic E-state index is 1.82. The SMILES string of the molecule is O=C(F)C(F)(OCCC(F)(F)F)C(F)(F)F. The Balaban J connectivity index is 4.55. The number of rotatable bonds is 4. The van der Waals surface area contributed by atoms with Crippen LogP contribution in [0.25, 0.3) is 0 Å². The van der Waals surface area contributed by atoms with Crippen molar-refractivity contribution in [1.29, 1.82) is 0 Å². The fraction of sp³-hybridized carbons (Fsp3) is 0.833. The lowest BCUT2D eigenvalue weighted by atomic mass is 10.3. The molecule has 0 spiro atoms. The van der Waals surface area contributed by atoms with Gasteiger partial charge >= 0.3 is 24.2 Å². The van der Waals surface area contributed by atoms with Crippen molar-refractivity contribution in [3.63, 3.8) is 0 Å². The highest BCUT2D eigenvalue weighted by Gasteiger charge is 2.64. The van der Waals surface area contributed by atoms with Crippen molar-refractivity contribution in [1.82, 2.24) is 0 Å². The van der Waals surface area contributed by atoms with Crippen LogP contribution in [0.5, 0.6) is 0 Å². The average Bonchev–Trinajstić information content (AvgIpc) is 1.98. The Bertz CT molecular complexity index is 256. The molecular formula is C6H4F8O2. The van der Waals surface area contributed by atoms with Crippen LogP contribution >= 0.6 is 0 Å².